The molecule has 19 nitrogen and oxygen atoms in total. The fourth-order valence-corrected chi connectivity index (χ4v) is 7.80. The lowest BCUT2D eigenvalue weighted by atomic mass is 9.83. The number of halogens is 1. The second-order valence-corrected chi connectivity index (χ2v) is 36.0. The van der Waals surface area contributed by atoms with Gasteiger partial charge in [0, 0.05) is 101 Å². The van der Waals surface area contributed by atoms with Gasteiger partial charge in [0.25, 0.3) is 0 Å². The number of nitrogens with one attached hydrogen (secondary N) is 2. The molecule has 0 saturated carbocycles. The Balaban J connectivity index is 0.000000978. The van der Waals surface area contributed by atoms with Crippen molar-refractivity contribution in [3.05, 3.63) is 111 Å². The summed E-state index contributed by atoms with van der Waals surface area (Å²) in [5, 5.41) is 22.1. The highest BCUT2D eigenvalue weighted by Gasteiger charge is 2.20. The molecule has 0 aliphatic heterocycles. The number of carbonyl (C=O) groups excluding carboxylic acids is 1. The Morgan fingerprint density at radius 2 is 1.00 bits per heavy atom. The number of rotatable bonds is 23. The van der Waals surface area contributed by atoms with E-state index in [1.54, 1.807) is 76.3 Å². The Bertz CT molecular complexity index is 2320. The second-order valence-electron chi connectivity index (χ2n) is 21.5. The number of hydrogen-bond donors (Lipinski definition) is 4. The van der Waals surface area contributed by atoms with Gasteiger partial charge in [0.1, 0.15) is 0 Å². The number of carbonyl (C=O) groups is 1. The Kier molecular flexibility index (Phi) is 35.8. The number of aromatic amines is 1. The van der Waals surface area contributed by atoms with E-state index in [0.29, 0.717) is 24.1 Å². The van der Waals surface area contributed by atoms with E-state index in [0.717, 1.165) is 45.9 Å². The summed E-state index contributed by atoms with van der Waals surface area (Å²) in [4.78, 5) is 57.7. The van der Waals surface area contributed by atoms with Crippen LogP contribution >= 0.6 is 22.6 Å². The van der Waals surface area contributed by atoms with Crippen molar-refractivity contribution in [3.8, 4) is 18.0 Å². The quantitative estimate of drug-likeness (QED) is 0.0308. The van der Waals surface area contributed by atoms with E-state index in [-0.39, 0.29) is 23.8 Å². The van der Waals surface area contributed by atoms with E-state index in [4.69, 9.17) is 21.1 Å². The van der Waals surface area contributed by atoms with Gasteiger partial charge in [0.15, 0.2) is 5.81 Å². The molecule has 4 atom stereocenters. The number of aromatic nitrogens is 8. The molecule has 26 heteroatoms. The minimum absolute atomic E-state index is 0.148. The number of H-pyrrole nitrogens is 1. The maximum atomic E-state index is 10.6. The molecule has 428 valence electrons. The highest BCUT2D eigenvalue weighted by molar-refractivity contribution is 14.1. The summed E-state index contributed by atoms with van der Waals surface area (Å²) in [6, 6.07) is 2.56. The molecule has 0 unspecified atom stereocenters. The van der Waals surface area contributed by atoms with Crippen LogP contribution in [0.2, 0.25) is 72.6 Å². The molecular weight excluding hydrogens is 1150 g/mol. The minimum atomic E-state index is -1.65. The zero-order chi connectivity index (χ0) is 59.8. The SMILES string of the molecule is CB(O)N(C)[C@@H](C)C/C=C/c1cnc(O[Si](C)(C)C)nc1.CB(O)N(C)[C@@H](C)C/C=C/c1cnc(O[Si](C)(C)C)nc1.CN[C@@H](C)C/C=C/c1cnc(=O)[nH]c1.C[Si](C)(C)Oc1ncc(I)cn1.[B]C(=O)N(C)[C@@H](C)CC=C. The molecule has 0 aromatic carbocycles. The van der Waals surface area contributed by atoms with Crippen LogP contribution in [0.1, 0.15) is 70.1 Å². The highest BCUT2D eigenvalue weighted by atomic mass is 127. The fourth-order valence-electron chi connectivity index (χ4n) is 5.56. The van der Waals surface area contributed by atoms with Gasteiger partial charge in [-0.2, -0.15) is 0 Å². The second kappa shape index (κ2) is 38.1. The molecule has 0 spiro atoms. The predicted octanol–water partition coefficient (Wildman–Crippen LogP) is 9.30. The van der Waals surface area contributed by atoms with Crippen molar-refractivity contribution in [1.82, 2.24) is 59.7 Å². The molecule has 4 aromatic rings. The summed E-state index contributed by atoms with van der Waals surface area (Å²) in [5.41, 5.74) is 2.49. The maximum Gasteiger partial charge on any atom is 0.376 e. The average molecular weight is 1240 g/mol. The Morgan fingerprint density at radius 3 is 1.31 bits per heavy atom. The van der Waals surface area contributed by atoms with Crippen molar-refractivity contribution >= 4 is 93.5 Å². The molecular formula is C52H90B3IN12O7Si3. The van der Waals surface area contributed by atoms with E-state index in [2.05, 4.69) is 172 Å². The largest absolute Gasteiger partial charge is 0.518 e. The fraction of sp³-hybridized carbons (Fsp3) is 0.519. The lowest BCUT2D eigenvalue weighted by Gasteiger charge is -2.24. The Hall–Kier alpha value is -4.67. The van der Waals surface area contributed by atoms with Crippen LogP contribution in [0, 0.1) is 3.57 Å². The van der Waals surface area contributed by atoms with E-state index in [1.165, 1.54) is 4.90 Å². The van der Waals surface area contributed by atoms with Crippen LogP contribution in [0.15, 0.2) is 85.3 Å². The summed E-state index contributed by atoms with van der Waals surface area (Å²) in [6.45, 7) is 34.2. The van der Waals surface area contributed by atoms with Crippen LogP contribution in [-0.2, 0) is 0 Å². The molecule has 2 radical (unpaired) electrons. The number of nitrogens with zero attached hydrogens (tertiary/aromatic N) is 10. The topological polar surface area (TPSA) is 230 Å². The monoisotopic (exact) mass is 1240 g/mol. The molecule has 0 bridgehead atoms. The van der Waals surface area contributed by atoms with Gasteiger partial charge in [0.05, 0.1) is 0 Å². The normalized spacial score (nSPS) is 13.1. The van der Waals surface area contributed by atoms with Crippen molar-refractivity contribution in [1.29, 1.82) is 0 Å². The number of amides is 1. The third-order valence-corrected chi connectivity index (χ3v) is 13.7. The zero-order valence-electron chi connectivity index (χ0n) is 50.0. The van der Waals surface area contributed by atoms with Gasteiger partial charge in [-0.15, -0.1) is 6.58 Å². The van der Waals surface area contributed by atoms with Crippen LogP contribution in [0.5, 0.6) is 18.0 Å². The highest BCUT2D eigenvalue weighted by Crippen LogP contribution is 2.14. The minimum Gasteiger partial charge on any atom is -0.518 e. The van der Waals surface area contributed by atoms with Gasteiger partial charge in [-0.1, -0.05) is 56.4 Å². The van der Waals surface area contributed by atoms with E-state index in [1.807, 2.05) is 55.9 Å². The summed E-state index contributed by atoms with van der Waals surface area (Å²) in [7, 11) is 6.73. The Morgan fingerprint density at radius 1 is 0.654 bits per heavy atom. The molecule has 0 fully saturated rings. The summed E-state index contributed by atoms with van der Waals surface area (Å²) in [6.07, 6.45) is 31.1. The first-order chi connectivity index (χ1) is 36.2. The lowest BCUT2D eigenvalue weighted by Crippen LogP contribution is -2.39. The smallest absolute Gasteiger partial charge is 0.376 e. The van der Waals surface area contributed by atoms with Crippen molar-refractivity contribution in [3.63, 3.8) is 0 Å². The summed E-state index contributed by atoms with van der Waals surface area (Å²) < 4.78 is 18.0. The van der Waals surface area contributed by atoms with Crippen molar-refractivity contribution in [2.75, 3.05) is 28.2 Å². The van der Waals surface area contributed by atoms with Crippen molar-refractivity contribution in [2.45, 2.75) is 150 Å². The summed E-state index contributed by atoms with van der Waals surface area (Å²) >= 11 is 2.16. The van der Waals surface area contributed by atoms with Gasteiger partial charge >= 0.3 is 37.8 Å². The van der Waals surface area contributed by atoms with Gasteiger partial charge in [-0.05, 0) is 156 Å². The van der Waals surface area contributed by atoms with Gasteiger partial charge in [0.2, 0.25) is 32.8 Å². The van der Waals surface area contributed by atoms with E-state index >= 15 is 0 Å². The molecule has 4 aromatic heterocycles. The average Bonchev–Trinajstić information content (AvgIpc) is 3.35. The van der Waals surface area contributed by atoms with Crippen molar-refractivity contribution in [2.24, 2.45) is 0 Å². The first kappa shape index (κ1) is 73.3. The third-order valence-electron chi connectivity index (χ3n) is 10.7. The molecule has 0 saturated heterocycles. The third kappa shape index (κ3) is 37.2. The van der Waals surface area contributed by atoms with Crippen LogP contribution in [0.3, 0.4) is 0 Å². The van der Waals surface area contributed by atoms with E-state index < -0.39 is 44.9 Å². The maximum absolute atomic E-state index is 10.6. The summed E-state index contributed by atoms with van der Waals surface area (Å²) in [5.74, 6) is -0.394. The van der Waals surface area contributed by atoms with Crippen molar-refractivity contribution < 1.29 is 28.1 Å². The van der Waals surface area contributed by atoms with Crippen LogP contribution < -0.4 is 24.3 Å². The van der Waals surface area contributed by atoms with E-state index in [9.17, 15) is 19.6 Å². The van der Waals surface area contributed by atoms with Gasteiger partial charge in [-0.25, -0.2) is 39.7 Å². The number of hydrogen-bond acceptors (Lipinski definition) is 17. The molecule has 4 N–H and O–H groups in total. The van der Waals surface area contributed by atoms with Crippen LogP contribution in [0.25, 0.3) is 18.2 Å². The van der Waals surface area contributed by atoms with Gasteiger partial charge < -0.3 is 48.1 Å². The van der Waals surface area contributed by atoms with Crippen LogP contribution in [-0.4, -0.2) is 170 Å². The van der Waals surface area contributed by atoms with Gasteiger partial charge in [-0.3, -0.25) is 4.79 Å². The molecule has 1 amide bonds. The van der Waals surface area contributed by atoms with Crippen LogP contribution in [0.4, 0.5) is 4.79 Å². The lowest BCUT2D eigenvalue weighted by molar-refractivity contribution is 0.218. The predicted molar refractivity (Wildman–Crippen MR) is 340 cm³/mol. The zero-order valence-corrected chi connectivity index (χ0v) is 55.2. The molecule has 4 rings (SSSR count). The molecule has 78 heavy (non-hydrogen) atoms. The Labute approximate surface area is 486 Å². The molecule has 0 aliphatic carbocycles. The first-order valence-corrected chi connectivity index (χ1v) is 37.3. The molecule has 4 heterocycles. The molecule has 0 aliphatic rings. The first-order valence-electron chi connectivity index (χ1n) is 26.0. The standard InChI is InChI=1S/2C14H26BN3O2Si.C10H15N3O.C7H12BNO.C7H11IN2OSi/c2*1-12(18(3)15(2)19)8-7-9-13-10-16-14(17-11-13)20-21(4,5)6;1-8(11-2)4-3-5-9-6-12-10(14)13-7-9;1-4-5-6(2)9(3)7(8)10;1-12(2,3)11-7-9-4-6(8)5-10-7/h2*7,9-12,19H,8H2,1-6H3;3,5-8,11H,4H2,1-2H3,(H,12,13,14);4,6H,1,5H2,2-3H3;4-5H,1-3H3/b2*9-7+;5-3+;;/t2*12-;8-;6-;/m0000./s1.